The van der Waals surface area contributed by atoms with Gasteiger partial charge in [0.2, 0.25) is 0 Å². The molecule has 1 fully saturated rings. The lowest BCUT2D eigenvalue weighted by Gasteiger charge is -2.31. The summed E-state index contributed by atoms with van der Waals surface area (Å²) in [7, 11) is 5.01. The molecule has 0 amide bonds. The molecule has 0 spiro atoms. The van der Waals surface area contributed by atoms with E-state index in [9.17, 15) is 0 Å². The molecule has 5 nitrogen and oxygen atoms in total. The van der Waals surface area contributed by atoms with Crippen molar-refractivity contribution in [3.63, 3.8) is 0 Å². The lowest BCUT2D eigenvalue weighted by Crippen LogP contribution is -2.44. The van der Waals surface area contributed by atoms with Gasteiger partial charge in [-0.2, -0.15) is 0 Å². The van der Waals surface area contributed by atoms with Gasteiger partial charge >= 0.3 is 0 Å². The molecule has 1 saturated heterocycles. The number of hydrogen-bond donors (Lipinski definition) is 1. The fourth-order valence-corrected chi connectivity index (χ4v) is 3.46. The minimum atomic E-state index is 0.572. The summed E-state index contributed by atoms with van der Waals surface area (Å²) in [5, 5.41) is 3.60. The van der Waals surface area contributed by atoms with Crippen LogP contribution < -0.4 is 19.5 Å². The second-order valence-corrected chi connectivity index (χ2v) is 6.70. The van der Waals surface area contributed by atoms with E-state index in [1.54, 1.807) is 21.3 Å². The van der Waals surface area contributed by atoms with Crippen molar-refractivity contribution in [2.24, 2.45) is 5.92 Å². The number of likely N-dealkylation sites (tertiary alicyclic amines) is 1. The van der Waals surface area contributed by atoms with Crippen LogP contribution >= 0.6 is 0 Å². The van der Waals surface area contributed by atoms with Gasteiger partial charge in [0.25, 0.3) is 0 Å². The summed E-state index contributed by atoms with van der Waals surface area (Å²) >= 11 is 0. The zero-order valence-electron chi connectivity index (χ0n) is 15.7. The van der Waals surface area contributed by atoms with Crippen molar-refractivity contribution in [3.05, 3.63) is 17.7 Å². The minimum absolute atomic E-state index is 0.572. The first kappa shape index (κ1) is 18.9. The predicted octanol–water partition coefficient (Wildman–Crippen LogP) is 2.92. The first-order valence-corrected chi connectivity index (χ1v) is 8.84. The molecule has 1 unspecified atom stereocenters. The molecule has 1 aliphatic heterocycles. The molecule has 1 aromatic carbocycles. The molecule has 0 aromatic heterocycles. The molecular weight excluding hydrogens is 304 g/mol. The average Bonchev–Trinajstić information content (AvgIpc) is 3.11. The second-order valence-electron chi connectivity index (χ2n) is 6.70. The van der Waals surface area contributed by atoms with Crippen molar-refractivity contribution in [2.45, 2.75) is 39.3 Å². The van der Waals surface area contributed by atoms with Crippen LogP contribution in [0.25, 0.3) is 0 Å². The maximum absolute atomic E-state index is 5.52. The summed E-state index contributed by atoms with van der Waals surface area (Å²) in [6.45, 7) is 8.74. The Bertz CT molecular complexity index is 488. The Labute approximate surface area is 146 Å². The molecule has 0 aliphatic carbocycles. The lowest BCUT2D eigenvalue weighted by molar-refractivity contribution is 0.186. The highest BCUT2D eigenvalue weighted by atomic mass is 16.5. The first-order valence-electron chi connectivity index (χ1n) is 8.84. The third-order valence-corrected chi connectivity index (χ3v) is 4.85. The van der Waals surface area contributed by atoms with Gasteiger partial charge in [0.1, 0.15) is 17.2 Å². The van der Waals surface area contributed by atoms with Crippen LogP contribution in [0.2, 0.25) is 0 Å². The van der Waals surface area contributed by atoms with E-state index in [-0.39, 0.29) is 0 Å². The Morgan fingerprint density at radius 2 is 1.58 bits per heavy atom. The Morgan fingerprint density at radius 1 is 1.00 bits per heavy atom. The summed E-state index contributed by atoms with van der Waals surface area (Å²) in [6.07, 6.45) is 2.65. The highest BCUT2D eigenvalue weighted by molar-refractivity contribution is 5.50. The number of ether oxygens (including phenoxy) is 3. The summed E-state index contributed by atoms with van der Waals surface area (Å²) in [6, 6.07) is 4.38. The highest BCUT2D eigenvalue weighted by Gasteiger charge is 2.24. The van der Waals surface area contributed by atoms with Gasteiger partial charge < -0.3 is 19.5 Å². The number of rotatable bonds is 9. The van der Waals surface area contributed by atoms with Gasteiger partial charge in [-0.1, -0.05) is 13.8 Å². The summed E-state index contributed by atoms with van der Waals surface area (Å²) in [5.74, 6) is 2.96. The number of benzene rings is 1. The fraction of sp³-hybridized carbons (Fsp3) is 0.684. The molecule has 0 bridgehead atoms. The van der Waals surface area contributed by atoms with Crippen molar-refractivity contribution in [1.82, 2.24) is 10.2 Å². The topological polar surface area (TPSA) is 43.0 Å². The molecule has 5 heteroatoms. The van der Waals surface area contributed by atoms with Crippen LogP contribution in [0, 0.1) is 5.92 Å². The molecule has 1 aliphatic rings. The van der Waals surface area contributed by atoms with E-state index in [1.807, 2.05) is 12.1 Å². The largest absolute Gasteiger partial charge is 0.496 e. The van der Waals surface area contributed by atoms with Crippen LogP contribution in [-0.2, 0) is 6.54 Å². The number of nitrogens with one attached hydrogen (secondary N) is 1. The van der Waals surface area contributed by atoms with E-state index >= 15 is 0 Å². The van der Waals surface area contributed by atoms with E-state index in [0.717, 1.165) is 29.4 Å². The van der Waals surface area contributed by atoms with Crippen molar-refractivity contribution < 1.29 is 14.2 Å². The predicted molar refractivity (Wildman–Crippen MR) is 97.2 cm³/mol. The summed E-state index contributed by atoms with van der Waals surface area (Å²) in [5.41, 5.74) is 1.03. The Hall–Kier alpha value is -1.46. The highest BCUT2D eigenvalue weighted by Crippen LogP contribution is 2.33. The van der Waals surface area contributed by atoms with E-state index in [0.29, 0.717) is 18.5 Å². The smallest absolute Gasteiger partial charge is 0.130 e. The second kappa shape index (κ2) is 9.14. The Morgan fingerprint density at radius 3 is 2.04 bits per heavy atom. The van der Waals surface area contributed by atoms with Gasteiger partial charge in [-0.05, 0) is 31.8 Å². The van der Waals surface area contributed by atoms with Gasteiger partial charge in [0.15, 0.2) is 0 Å². The van der Waals surface area contributed by atoms with Crippen LogP contribution in [-0.4, -0.2) is 51.9 Å². The van der Waals surface area contributed by atoms with E-state index in [1.165, 1.54) is 25.9 Å². The lowest BCUT2D eigenvalue weighted by atomic mass is 10.0. The van der Waals surface area contributed by atoms with Crippen molar-refractivity contribution in [2.75, 3.05) is 41.0 Å². The van der Waals surface area contributed by atoms with Gasteiger partial charge in [-0.15, -0.1) is 0 Å². The van der Waals surface area contributed by atoms with E-state index in [2.05, 4.69) is 24.1 Å². The monoisotopic (exact) mass is 336 g/mol. The Kier molecular flexibility index (Phi) is 7.18. The van der Waals surface area contributed by atoms with Crippen LogP contribution in [0.1, 0.15) is 32.3 Å². The van der Waals surface area contributed by atoms with Crippen molar-refractivity contribution in [3.8, 4) is 17.2 Å². The first-order chi connectivity index (χ1) is 11.6. The van der Waals surface area contributed by atoms with Crippen molar-refractivity contribution >= 4 is 0 Å². The molecule has 0 radical (unpaired) electrons. The van der Waals surface area contributed by atoms with Crippen LogP contribution in [0.15, 0.2) is 12.1 Å². The quantitative estimate of drug-likeness (QED) is 0.751. The maximum Gasteiger partial charge on any atom is 0.130 e. The fourth-order valence-electron chi connectivity index (χ4n) is 3.46. The average molecular weight is 336 g/mol. The number of nitrogens with zero attached hydrogens (tertiary/aromatic N) is 1. The zero-order valence-corrected chi connectivity index (χ0v) is 15.7. The molecular formula is C19H32N2O3. The van der Waals surface area contributed by atoms with Crippen LogP contribution in [0.4, 0.5) is 0 Å². The molecule has 1 N–H and O–H groups in total. The van der Waals surface area contributed by atoms with Crippen LogP contribution in [0.5, 0.6) is 17.2 Å². The number of hydrogen-bond acceptors (Lipinski definition) is 5. The molecule has 0 saturated carbocycles. The van der Waals surface area contributed by atoms with Gasteiger partial charge in [0, 0.05) is 31.3 Å². The molecule has 1 atom stereocenters. The van der Waals surface area contributed by atoms with Crippen LogP contribution in [0.3, 0.4) is 0 Å². The van der Waals surface area contributed by atoms with Crippen molar-refractivity contribution in [1.29, 1.82) is 0 Å². The van der Waals surface area contributed by atoms with Gasteiger partial charge in [-0.3, -0.25) is 4.90 Å². The normalized spacial score (nSPS) is 16.4. The van der Waals surface area contributed by atoms with Gasteiger partial charge in [0.05, 0.1) is 26.9 Å². The summed E-state index contributed by atoms with van der Waals surface area (Å²) in [4.78, 5) is 2.61. The maximum atomic E-state index is 5.52. The van der Waals surface area contributed by atoms with E-state index in [4.69, 9.17) is 14.2 Å². The molecule has 24 heavy (non-hydrogen) atoms. The third kappa shape index (κ3) is 4.54. The zero-order chi connectivity index (χ0) is 17.5. The van der Waals surface area contributed by atoms with Gasteiger partial charge in [-0.25, -0.2) is 0 Å². The number of methoxy groups -OCH3 is 3. The SMILES string of the molecule is COc1cc(OC)c(CNCC(C(C)C)N2CCCC2)c(OC)c1. The molecule has 2 rings (SSSR count). The molecule has 1 aromatic rings. The minimum Gasteiger partial charge on any atom is -0.496 e. The van der Waals surface area contributed by atoms with E-state index < -0.39 is 0 Å². The Balaban J connectivity index is 2.04. The molecule has 1 heterocycles. The standard InChI is InChI=1S/C19H32N2O3/c1-14(2)17(21-8-6-7-9-21)13-20-12-16-18(23-4)10-15(22-3)11-19(16)24-5/h10-11,14,17,20H,6-9,12-13H2,1-5H3. The third-order valence-electron chi connectivity index (χ3n) is 4.85. The summed E-state index contributed by atoms with van der Waals surface area (Å²) < 4.78 is 16.4. The molecule has 136 valence electrons.